The Morgan fingerprint density at radius 2 is 2.32 bits per heavy atom. The first-order valence-corrected chi connectivity index (χ1v) is 6.82. The van der Waals surface area contributed by atoms with E-state index in [1.54, 1.807) is 13.3 Å². The van der Waals surface area contributed by atoms with Gasteiger partial charge in [0.1, 0.15) is 5.02 Å². The molecule has 1 aromatic rings. The summed E-state index contributed by atoms with van der Waals surface area (Å²) in [6, 6.07) is 0.426. The highest BCUT2D eigenvalue weighted by molar-refractivity contribution is 6.32. The van der Waals surface area contributed by atoms with Gasteiger partial charge in [-0.2, -0.15) is 5.10 Å². The van der Waals surface area contributed by atoms with E-state index in [0.29, 0.717) is 36.7 Å². The topological polar surface area (TPSA) is 68.2 Å². The minimum atomic E-state index is -0.271. The van der Waals surface area contributed by atoms with E-state index in [-0.39, 0.29) is 10.6 Å². The Bertz CT molecular complexity index is 523. The van der Waals surface area contributed by atoms with Crippen LogP contribution in [0.2, 0.25) is 5.02 Å². The lowest BCUT2D eigenvalue weighted by molar-refractivity contribution is 0.182. The van der Waals surface area contributed by atoms with Crippen molar-refractivity contribution < 1.29 is 4.74 Å². The van der Waals surface area contributed by atoms with Crippen LogP contribution in [0, 0.1) is 11.8 Å². The predicted octanol–water partition coefficient (Wildman–Crippen LogP) is 0.173. The van der Waals surface area contributed by atoms with Crippen LogP contribution < -0.4 is 16.2 Å². The van der Waals surface area contributed by atoms with Gasteiger partial charge >= 0.3 is 0 Å². The average molecular weight is 285 g/mol. The number of anilines is 1. The third-order valence-corrected chi connectivity index (χ3v) is 4.27. The molecule has 19 heavy (non-hydrogen) atoms. The van der Waals surface area contributed by atoms with Crippen LogP contribution in [0.15, 0.2) is 11.0 Å². The summed E-state index contributed by atoms with van der Waals surface area (Å²) < 4.78 is 6.26. The molecule has 0 bridgehead atoms. The van der Waals surface area contributed by atoms with E-state index in [4.69, 9.17) is 16.3 Å². The molecule has 104 valence electrons. The number of methoxy groups -OCH3 is 1. The van der Waals surface area contributed by atoms with E-state index in [2.05, 4.69) is 15.7 Å². The Hall–Kier alpha value is -1.11. The zero-order chi connectivity index (χ0) is 13.4. The van der Waals surface area contributed by atoms with Crippen LogP contribution in [0.1, 0.15) is 0 Å². The summed E-state index contributed by atoms with van der Waals surface area (Å²) in [5.41, 5.74) is 0.368. The second-order valence-corrected chi connectivity index (χ2v) is 5.43. The van der Waals surface area contributed by atoms with Crippen molar-refractivity contribution in [1.29, 1.82) is 0 Å². The first-order chi connectivity index (χ1) is 9.22. The molecule has 2 atom stereocenters. The standard InChI is InChI=1S/C12H17ClN4O2/c1-19-3-2-17-12(18)10(13)9(6-15-17)16-11-7-4-14-5-8(7)11/h6-8,11,14,16H,2-5H2,1H3. The van der Waals surface area contributed by atoms with Gasteiger partial charge in [-0.15, -0.1) is 0 Å². The van der Waals surface area contributed by atoms with Crippen molar-refractivity contribution in [2.75, 3.05) is 32.1 Å². The van der Waals surface area contributed by atoms with Gasteiger partial charge in [-0.3, -0.25) is 4.79 Å². The Morgan fingerprint density at radius 1 is 1.58 bits per heavy atom. The highest BCUT2D eigenvalue weighted by Crippen LogP contribution is 2.44. The molecule has 0 radical (unpaired) electrons. The SMILES string of the molecule is COCCn1ncc(NC2C3CNCC32)c(Cl)c1=O. The van der Waals surface area contributed by atoms with Crippen LogP contribution >= 0.6 is 11.6 Å². The van der Waals surface area contributed by atoms with Crippen LogP contribution in [0.5, 0.6) is 0 Å². The third-order valence-electron chi connectivity index (χ3n) is 3.91. The van der Waals surface area contributed by atoms with Crippen molar-refractivity contribution in [3.63, 3.8) is 0 Å². The summed E-state index contributed by atoms with van der Waals surface area (Å²) in [7, 11) is 1.59. The van der Waals surface area contributed by atoms with Gasteiger partial charge in [0.15, 0.2) is 0 Å². The van der Waals surface area contributed by atoms with Gasteiger partial charge in [0.05, 0.1) is 25.0 Å². The summed E-state index contributed by atoms with van der Waals surface area (Å²) in [5, 5.41) is 11.0. The average Bonchev–Trinajstić information content (AvgIpc) is 2.86. The van der Waals surface area contributed by atoms with E-state index in [1.807, 2.05) is 0 Å². The molecule has 2 aliphatic rings. The molecule has 1 saturated heterocycles. The molecule has 0 amide bonds. The number of ether oxygens (including phenoxy) is 1. The number of hydrogen-bond donors (Lipinski definition) is 2. The van der Waals surface area contributed by atoms with Crippen LogP contribution in [-0.2, 0) is 11.3 Å². The Kier molecular flexibility index (Phi) is 3.47. The lowest BCUT2D eigenvalue weighted by Gasteiger charge is -2.11. The maximum atomic E-state index is 12.0. The van der Waals surface area contributed by atoms with Crippen molar-refractivity contribution in [3.05, 3.63) is 21.6 Å². The van der Waals surface area contributed by atoms with E-state index < -0.39 is 0 Å². The number of halogens is 1. The predicted molar refractivity (Wildman–Crippen MR) is 72.6 cm³/mol. The highest BCUT2D eigenvalue weighted by atomic mass is 35.5. The summed E-state index contributed by atoms with van der Waals surface area (Å²) >= 11 is 6.11. The van der Waals surface area contributed by atoms with Gasteiger partial charge in [0.25, 0.3) is 5.56 Å². The van der Waals surface area contributed by atoms with E-state index >= 15 is 0 Å². The summed E-state index contributed by atoms with van der Waals surface area (Å²) in [4.78, 5) is 12.0. The molecule has 1 aromatic heterocycles. The molecule has 2 N–H and O–H groups in total. The maximum absolute atomic E-state index is 12.0. The first-order valence-electron chi connectivity index (χ1n) is 6.44. The molecule has 2 fully saturated rings. The summed E-state index contributed by atoms with van der Waals surface area (Å²) in [6.07, 6.45) is 1.63. The Labute approximate surface area is 116 Å². The normalized spacial score (nSPS) is 28.2. The fraction of sp³-hybridized carbons (Fsp3) is 0.667. The minimum absolute atomic E-state index is 0.212. The molecule has 6 nitrogen and oxygen atoms in total. The number of aromatic nitrogens is 2. The van der Waals surface area contributed by atoms with Crippen LogP contribution in [0.3, 0.4) is 0 Å². The van der Waals surface area contributed by atoms with Crippen LogP contribution in [0.4, 0.5) is 5.69 Å². The fourth-order valence-electron chi connectivity index (χ4n) is 2.71. The van der Waals surface area contributed by atoms with E-state index in [1.165, 1.54) is 4.68 Å². The number of nitrogens with zero attached hydrogens (tertiary/aromatic N) is 2. The number of fused-ring (bicyclic) bond motifs is 1. The number of nitrogens with one attached hydrogen (secondary N) is 2. The molecule has 1 aliphatic carbocycles. The molecule has 1 aliphatic heterocycles. The van der Waals surface area contributed by atoms with E-state index in [0.717, 1.165) is 13.1 Å². The van der Waals surface area contributed by atoms with Gasteiger partial charge in [-0.25, -0.2) is 4.68 Å². The lowest BCUT2D eigenvalue weighted by atomic mass is 10.4. The molecule has 2 heterocycles. The van der Waals surface area contributed by atoms with Crippen LogP contribution in [0.25, 0.3) is 0 Å². The third kappa shape index (κ3) is 2.35. The number of piperidine rings is 1. The largest absolute Gasteiger partial charge is 0.383 e. The first kappa shape index (κ1) is 12.9. The van der Waals surface area contributed by atoms with Gasteiger partial charge in [-0.05, 0) is 11.8 Å². The molecule has 1 saturated carbocycles. The van der Waals surface area contributed by atoms with Gasteiger partial charge in [0, 0.05) is 26.2 Å². The highest BCUT2D eigenvalue weighted by Gasteiger charge is 2.53. The fourth-order valence-corrected chi connectivity index (χ4v) is 2.92. The number of hydrogen-bond acceptors (Lipinski definition) is 5. The Balaban J connectivity index is 1.72. The molecule has 7 heteroatoms. The van der Waals surface area contributed by atoms with Gasteiger partial charge < -0.3 is 15.4 Å². The van der Waals surface area contributed by atoms with Crippen molar-refractivity contribution in [2.24, 2.45) is 11.8 Å². The molecular formula is C12H17ClN4O2. The van der Waals surface area contributed by atoms with Crippen molar-refractivity contribution in [3.8, 4) is 0 Å². The molecule has 3 rings (SSSR count). The summed E-state index contributed by atoms with van der Waals surface area (Å²) in [6.45, 7) is 2.93. The van der Waals surface area contributed by atoms with Crippen molar-refractivity contribution in [1.82, 2.24) is 15.1 Å². The lowest BCUT2D eigenvalue weighted by Crippen LogP contribution is -2.27. The zero-order valence-electron chi connectivity index (χ0n) is 10.7. The molecule has 0 aromatic carbocycles. The quantitative estimate of drug-likeness (QED) is 0.807. The second kappa shape index (κ2) is 5.11. The Morgan fingerprint density at radius 3 is 3.00 bits per heavy atom. The number of rotatable bonds is 5. The van der Waals surface area contributed by atoms with Gasteiger partial charge in [-0.1, -0.05) is 11.6 Å². The minimum Gasteiger partial charge on any atom is -0.383 e. The smallest absolute Gasteiger partial charge is 0.287 e. The van der Waals surface area contributed by atoms with Crippen molar-refractivity contribution in [2.45, 2.75) is 12.6 Å². The maximum Gasteiger partial charge on any atom is 0.287 e. The zero-order valence-corrected chi connectivity index (χ0v) is 11.5. The molecule has 2 unspecified atom stereocenters. The second-order valence-electron chi connectivity index (χ2n) is 5.05. The van der Waals surface area contributed by atoms with E-state index in [9.17, 15) is 4.79 Å². The van der Waals surface area contributed by atoms with Crippen molar-refractivity contribution >= 4 is 17.3 Å². The monoisotopic (exact) mass is 284 g/mol. The van der Waals surface area contributed by atoms with Crippen LogP contribution in [-0.4, -0.2) is 42.6 Å². The molecule has 0 spiro atoms. The summed E-state index contributed by atoms with van der Waals surface area (Å²) in [5.74, 6) is 1.32. The molecular weight excluding hydrogens is 268 g/mol. The van der Waals surface area contributed by atoms with Gasteiger partial charge in [0.2, 0.25) is 0 Å².